The SMILES string of the molecule is NNc1cc(Oc2ccc(OCc3ccccc3)cc2)nc(C2CC2)n1. The minimum Gasteiger partial charge on any atom is -0.489 e. The predicted octanol–water partition coefficient (Wildman–Crippen LogP) is 4.01. The number of ether oxygens (including phenoxy) is 2. The molecule has 0 atom stereocenters. The third kappa shape index (κ3) is 4.10. The van der Waals surface area contributed by atoms with E-state index in [-0.39, 0.29) is 0 Å². The van der Waals surface area contributed by atoms with Gasteiger partial charge in [-0.05, 0) is 42.7 Å². The van der Waals surface area contributed by atoms with Crippen molar-refractivity contribution in [2.75, 3.05) is 5.43 Å². The molecule has 6 heteroatoms. The van der Waals surface area contributed by atoms with Gasteiger partial charge in [-0.1, -0.05) is 30.3 Å². The van der Waals surface area contributed by atoms with Crippen molar-refractivity contribution in [3.63, 3.8) is 0 Å². The molecule has 0 spiro atoms. The van der Waals surface area contributed by atoms with Gasteiger partial charge in [-0.25, -0.2) is 10.8 Å². The quantitative estimate of drug-likeness (QED) is 0.496. The van der Waals surface area contributed by atoms with Gasteiger partial charge >= 0.3 is 0 Å². The fourth-order valence-corrected chi connectivity index (χ4v) is 2.56. The zero-order valence-electron chi connectivity index (χ0n) is 14.3. The van der Waals surface area contributed by atoms with Crippen molar-refractivity contribution >= 4 is 5.82 Å². The van der Waals surface area contributed by atoms with E-state index in [1.54, 1.807) is 6.07 Å². The van der Waals surface area contributed by atoms with E-state index >= 15 is 0 Å². The Balaban J connectivity index is 1.41. The monoisotopic (exact) mass is 348 g/mol. The molecular formula is C20H20N4O2. The van der Waals surface area contributed by atoms with Gasteiger partial charge in [0.25, 0.3) is 0 Å². The van der Waals surface area contributed by atoms with Crippen LogP contribution in [-0.2, 0) is 6.61 Å². The minimum atomic E-state index is 0.416. The van der Waals surface area contributed by atoms with Crippen molar-refractivity contribution in [3.05, 3.63) is 72.1 Å². The highest BCUT2D eigenvalue weighted by atomic mass is 16.5. The molecule has 1 aliphatic carbocycles. The van der Waals surface area contributed by atoms with Crippen LogP contribution in [0.15, 0.2) is 60.7 Å². The standard InChI is InChI=1S/C20H20N4O2/c21-24-18-12-19(23-20(22-18)15-6-7-15)26-17-10-8-16(9-11-17)25-13-14-4-2-1-3-5-14/h1-5,8-12,15H,6-7,13,21H2,(H,22,23,24). The Hall–Kier alpha value is -3.12. The second kappa shape index (κ2) is 7.41. The van der Waals surface area contributed by atoms with Gasteiger partial charge in [-0.2, -0.15) is 4.98 Å². The Morgan fingerprint density at radius 1 is 0.962 bits per heavy atom. The third-order valence-corrected chi connectivity index (χ3v) is 4.10. The van der Waals surface area contributed by atoms with Gasteiger partial charge in [0, 0.05) is 12.0 Å². The van der Waals surface area contributed by atoms with E-state index in [9.17, 15) is 0 Å². The molecule has 26 heavy (non-hydrogen) atoms. The topological polar surface area (TPSA) is 82.3 Å². The first kappa shape index (κ1) is 16.4. The molecule has 0 radical (unpaired) electrons. The van der Waals surface area contributed by atoms with Crippen LogP contribution in [0.1, 0.15) is 30.1 Å². The second-order valence-electron chi connectivity index (χ2n) is 6.22. The van der Waals surface area contributed by atoms with Crippen LogP contribution in [0.3, 0.4) is 0 Å². The molecule has 3 N–H and O–H groups in total. The summed E-state index contributed by atoms with van der Waals surface area (Å²) in [6.07, 6.45) is 2.22. The first-order valence-electron chi connectivity index (χ1n) is 8.60. The molecule has 1 aliphatic rings. The van der Waals surface area contributed by atoms with Crippen LogP contribution in [0.25, 0.3) is 0 Å². The number of hydrogen-bond donors (Lipinski definition) is 2. The summed E-state index contributed by atoms with van der Waals surface area (Å²) in [5, 5.41) is 0. The van der Waals surface area contributed by atoms with Crippen molar-refractivity contribution in [3.8, 4) is 17.4 Å². The normalized spacial score (nSPS) is 13.3. The van der Waals surface area contributed by atoms with Crippen molar-refractivity contribution < 1.29 is 9.47 Å². The number of nitrogens with one attached hydrogen (secondary N) is 1. The summed E-state index contributed by atoms with van der Waals surface area (Å²) in [5.74, 6) is 9.18. The van der Waals surface area contributed by atoms with Crippen LogP contribution < -0.4 is 20.7 Å². The number of hydrazine groups is 1. The fourth-order valence-electron chi connectivity index (χ4n) is 2.56. The van der Waals surface area contributed by atoms with Crippen LogP contribution in [0.5, 0.6) is 17.4 Å². The van der Waals surface area contributed by atoms with E-state index < -0.39 is 0 Å². The Bertz CT molecular complexity index is 865. The van der Waals surface area contributed by atoms with Crippen molar-refractivity contribution in [2.45, 2.75) is 25.4 Å². The minimum absolute atomic E-state index is 0.416. The van der Waals surface area contributed by atoms with Gasteiger partial charge in [0.15, 0.2) is 0 Å². The molecule has 1 fully saturated rings. The summed E-state index contributed by atoms with van der Waals surface area (Å²) < 4.78 is 11.6. The smallest absolute Gasteiger partial charge is 0.224 e. The Kier molecular flexibility index (Phi) is 4.66. The predicted molar refractivity (Wildman–Crippen MR) is 99.1 cm³/mol. The highest BCUT2D eigenvalue weighted by Gasteiger charge is 2.27. The van der Waals surface area contributed by atoms with Crippen molar-refractivity contribution in [1.82, 2.24) is 9.97 Å². The lowest BCUT2D eigenvalue weighted by Gasteiger charge is -2.10. The van der Waals surface area contributed by atoms with Gasteiger partial charge in [0.1, 0.15) is 29.7 Å². The Labute approximate surface area is 152 Å². The van der Waals surface area contributed by atoms with Crippen LogP contribution in [0.2, 0.25) is 0 Å². The molecule has 0 aliphatic heterocycles. The molecule has 3 aromatic rings. The highest BCUT2D eigenvalue weighted by Crippen LogP contribution is 2.39. The maximum absolute atomic E-state index is 5.86. The average molecular weight is 348 g/mol. The largest absolute Gasteiger partial charge is 0.489 e. The maximum Gasteiger partial charge on any atom is 0.224 e. The molecule has 1 saturated carbocycles. The number of aromatic nitrogens is 2. The number of nitrogens with zero attached hydrogens (tertiary/aromatic N) is 2. The first-order valence-corrected chi connectivity index (χ1v) is 8.60. The molecule has 0 amide bonds. The van der Waals surface area contributed by atoms with Crippen molar-refractivity contribution in [2.24, 2.45) is 5.84 Å². The Morgan fingerprint density at radius 3 is 2.38 bits per heavy atom. The number of hydrogen-bond acceptors (Lipinski definition) is 6. The van der Waals surface area contributed by atoms with E-state index in [1.807, 2.05) is 54.6 Å². The lowest BCUT2D eigenvalue weighted by molar-refractivity contribution is 0.305. The number of benzene rings is 2. The van der Waals surface area contributed by atoms with E-state index in [1.165, 1.54) is 0 Å². The van der Waals surface area contributed by atoms with Gasteiger partial charge in [0.05, 0.1) is 0 Å². The molecule has 1 heterocycles. The maximum atomic E-state index is 5.86. The van der Waals surface area contributed by atoms with E-state index in [0.717, 1.165) is 30.0 Å². The molecule has 132 valence electrons. The second-order valence-corrected chi connectivity index (χ2v) is 6.22. The average Bonchev–Trinajstić information content (AvgIpc) is 3.53. The molecule has 1 aromatic heterocycles. The van der Waals surface area contributed by atoms with Gasteiger partial charge in [-0.3, -0.25) is 0 Å². The molecule has 0 saturated heterocycles. The summed E-state index contributed by atoms with van der Waals surface area (Å²) in [6.45, 7) is 0.531. The zero-order valence-corrected chi connectivity index (χ0v) is 14.3. The summed E-state index contributed by atoms with van der Waals surface area (Å²) >= 11 is 0. The van der Waals surface area contributed by atoms with Gasteiger partial charge < -0.3 is 14.9 Å². The molecule has 2 aromatic carbocycles. The fraction of sp³-hybridized carbons (Fsp3) is 0.200. The van der Waals surface area contributed by atoms with Gasteiger partial charge in [-0.15, -0.1) is 0 Å². The summed E-state index contributed by atoms with van der Waals surface area (Å²) in [6, 6.07) is 19.2. The summed E-state index contributed by atoms with van der Waals surface area (Å²) in [4.78, 5) is 8.85. The van der Waals surface area contributed by atoms with E-state index in [4.69, 9.17) is 15.3 Å². The number of rotatable bonds is 7. The van der Waals surface area contributed by atoms with Crippen molar-refractivity contribution in [1.29, 1.82) is 0 Å². The van der Waals surface area contributed by atoms with Crippen LogP contribution >= 0.6 is 0 Å². The number of nitrogen functional groups attached to an aromatic ring is 1. The third-order valence-electron chi connectivity index (χ3n) is 4.10. The Morgan fingerprint density at radius 2 is 1.69 bits per heavy atom. The molecule has 0 bridgehead atoms. The van der Waals surface area contributed by atoms with E-state index in [0.29, 0.717) is 30.0 Å². The number of nitrogens with two attached hydrogens (primary N) is 1. The first-order chi connectivity index (χ1) is 12.8. The molecule has 0 unspecified atom stereocenters. The molecule has 6 nitrogen and oxygen atoms in total. The van der Waals surface area contributed by atoms with Gasteiger partial charge in [0.2, 0.25) is 5.88 Å². The van der Waals surface area contributed by atoms with E-state index in [2.05, 4.69) is 15.4 Å². The number of anilines is 1. The lowest BCUT2D eigenvalue weighted by atomic mass is 10.2. The lowest BCUT2D eigenvalue weighted by Crippen LogP contribution is -2.10. The molecule has 4 rings (SSSR count). The van der Waals surface area contributed by atoms with Crippen LogP contribution in [-0.4, -0.2) is 9.97 Å². The highest BCUT2D eigenvalue weighted by molar-refractivity contribution is 5.40. The summed E-state index contributed by atoms with van der Waals surface area (Å²) in [7, 11) is 0. The summed E-state index contributed by atoms with van der Waals surface area (Å²) in [5.41, 5.74) is 3.69. The van der Waals surface area contributed by atoms with Crippen LogP contribution in [0, 0.1) is 0 Å². The molecular weight excluding hydrogens is 328 g/mol. The zero-order chi connectivity index (χ0) is 17.8. The van der Waals surface area contributed by atoms with Crippen LogP contribution in [0.4, 0.5) is 5.82 Å².